The van der Waals surface area contributed by atoms with Gasteiger partial charge in [0.25, 0.3) is 11.8 Å². The van der Waals surface area contributed by atoms with Crippen molar-refractivity contribution >= 4 is 51.7 Å². The van der Waals surface area contributed by atoms with Crippen molar-refractivity contribution in [3.63, 3.8) is 0 Å². The van der Waals surface area contributed by atoms with Gasteiger partial charge in [0.1, 0.15) is 0 Å². The van der Waals surface area contributed by atoms with Gasteiger partial charge in [-0.15, -0.1) is 23.7 Å². The number of amides is 3. The van der Waals surface area contributed by atoms with Gasteiger partial charge in [0.15, 0.2) is 0 Å². The van der Waals surface area contributed by atoms with Crippen molar-refractivity contribution in [1.82, 2.24) is 25.4 Å². The van der Waals surface area contributed by atoms with Gasteiger partial charge in [0.2, 0.25) is 5.91 Å². The maximum Gasteiger partial charge on any atom is 0.254 e. The van der Waals surface area contributed by atoms with Crippen LogP contribution in [0.15, 0.2) is 54.0 Å². The third-order valence-electron chi connectivity index (χ3n) is 6.99. The van der Waals surface area contributed by atoms with Crippen molar-refractivity contribution < 1.29 is 14.4 Å². The molecule has 2 aliphatic heterocycles. The fraction of sp³-hybridized carbons (Fsp3) is 0.407. The van der Waals surface area contributed by atoms with Gasteiger partial charge in [-0.25, -0.2) is 4.98 Å². The number of carbonyl (C=O) groups is 3. The summed E-state index contributed by atoms with van der Waals surface area (Å²) < 4.78 is 1.06. The van der Waals surface area contributed by atoms with Gasteiger partial charge in [-0.2, -0.15) is 0 Å². The van der Waals surface area contributed by atoms with Crippen LogP contribution in [0.3, 0.4) is 0 Å². The second-order valence-corrected chi connectivity index (χ2v) is 10.3. The molecule has 37 heavy (non-hydrogen) atoms. The van der Waals surface area contributed by atoms with Crippen molar-refractivity contribution in [2.75, 3.05) is 32.7 Å². The lowest BCUT2D eigenvalue weighted by atomic mass is 10.1. The van der Waals surface area contributed by atoms with E-state index in [0.717, 1.165) is 23.1 Å². The molecule has 0 saturated carbocycles. The van der Waals surface area contributed by atoms with E-state index in [1.54, 1.807) is 16.8 Å². The van der Waals surface area contributed by atoms with Crippen LogP contribution in [0.1, 0.15) is 46.4 Å². The molecule has 0 radical (unpaired) electrons. The molecule has 3 amide bonds. The first-order valence-electron chi connectivity index (χ1n) is 12.6. The normalized spacial score (nSPS) is 21.1. The number of fused-ring (bicyclic) bond motifs is 3. The van der Waals surface area contributed by atoms with Gasteiger partial charge in [0.05, 0.1) is 21.8 Å². The number of thiazole rings is 1. The Morgan fingerprint density at radius 3 is 2.59 bits per heavy atom. The monoisotopic (exact) mass is 541 g/mol. The molecule has 0 unspecified atom stereocenters. The molecular formula is C27H32ClN5O3S. The standard InChI is InChI=1S/C27H31N5O3S.ClH/c33-25-23-16-21(17-29-23)32(27(35)19-7-2-1-3-8-19)14-6-13-31(12-5-4-11-28-25)26(34)20-9-10-24-22(15-20)30-18-36-24;/h1-3,7-10,15,18,21,23,29H,4-6,11-14,16-17H2,(H,28,33);1H/t21-,23-;/m0./s1. The molecule has 2 bridgehead atoms. The average Bonchev–Trinajstić information content (AvgIpc) is 3.58. The minimum Gasteiger partial charge on any atom is -0.355 e. The van der Waals surface area contributed by atoms with Crippen LogP contribution in [-0.2, 0) is 4.79 Å². The summed E-state index contributed by atoms with van der Waals surface area (Å²) in [4.78, 5) is 47.7. The Kier molecular flexibility index (Phi) is 9.13. The minimum atomic E-state index is -0.289. The smallest absolute Gasteiger partial charge is 0.254 e. The maximum atomic E-state index is 13.5. The molecule has 0 spiro atoms. The number of nitrogens with one attached hydrogen (secondary N) is 2. The van der Waals surface area contributed by atoms with Gasteiger partial charge in [-0.05, 0) is 56.0 Å². The SMILES string of the molecule is Cl.O=C1NCCCCN(C(=O)c2ccc3scnc3c2)CCCN(C(=O)c2ccccc2)[C@@H]2CN[C@H]1C2. The fourth-order valence-corrected chi connectivity index (χ4v) is 5.69. The predicted octanol–water partition coefficient (Wildman–Crippen LogP) is 3.33. The van der Waals surface area contributed by atoms with Crippen molar-refractivity contribution in [2.45, 2.75) is 37.8 Å². The molecule has 2 N–H and O–H groups in total. The predicted molar refractivity (Wildman–Crippen MR) is 147 cm³/mol. The first-order chi connectivity index (χ1) is 17.6. The number of hydrogen-bond donors (Lipinski definition) is 2. The zero-order valence-corrected chi connectivity index (χ0v) is 22.2. The van der Waals surface area contributed by atoms with E-state index in [1.165, 1.54) is 0 Å². The van der Waals surface area contributed by atoms with Crippen LogP contribution in [0, 0.1) is 0 Å². The summed E-state index contributed by atoms with van der Waals surface area (Å²) in [7, 11) is 0. The quantitative estimate of drug-likeness (QED) is 0.519. The molecule has 2 aliphatic rings. The Bertz CT molecular complexity index is 1240. The molecular weight excluding hydrogens is 510 g/mol. The lowest BCUT2D eigenvalue weighted by Gasteiger charge is -2.31. The van der Waals surface area contributed by atoms with Crippen LogP contribution in [0.25, 0.3) is 10.2 Å². The third kappa shape index (κ3) is 6.29. The van der Waals surface area contributed by atoms with E-state index in [0.29, 0.717) is 56.7 Å². The summed E-state index contributed by atoms with van der Waals surface area (Å²) in [5, 5.41) is 6.31. The highest BCUT2D eigenvalue weighted by Crippen LogP contribution is 2.21. The minimum absolute atomic E-state index is 0. The number of aromatic nitrogens is 1. The maximum absolute atomic E-state index is 13.5. The second kappa shape index (κ2) is 12.5. The van der Waals surface area contributed by atoms with E-state index in [-0.39, 0.29) is 42.2 Å². The molecule has 3 aromatic rings. The van der Waals surface area contributed by atoms with Crippen LogP contribution in [0.4, 0.5) is 0 Å². The van der Waals surface area contributed by atoms with Gasteiger partial charge < -0.3 is 20.4 Å². The number of hydrogen-bond acceptors (Lipinski definition) is 6. The van der Waals surface area contributed by atoms with Crippen molar-refractivity contribution in [1.29, 1.82) is 0 Å². The third-order valence-corrected chi connectivity index (χ3v) is 7.80. The molecule has 1 aromatic heterocycles. The molecule has 0 aliphatic carbocycles. The zero-order chi connectivity index (χ0) is 24.9. The summed E-state index contributed by atoms with van der Waals surface area (Å²) in [5.41, 5.74) is 3.88. The second-order valence-electron chi connectivity index (χ2n) is 9.39. The highest BCUT2D eigenvalue weighted by Gasteiger charge is 2.35. The summed E-state index contributed by atoms with van der Waals surface area (Å²) in [5.74, 6) is -0.0851. The number of carbonyl (C=O) groups excluding carboxylic acids is 3. The summed E-state index contributed by atoms with van der Waals surface area (Å²) in [6.45, 7) is 2.82. The van der Waals surface area contributed by atoms with Crippen molar-refractivity contribution in [3.8, 4) is 0 Å². The van der Waals surface area contributed by atoms with E-state index in [4.69, 9.17) is 0 Å². The highest BCUT2D eigenvalue weighted by atomic mass is 35.5. The van der Waals surface area contributed by atoms with Crippen LogP contribution in [0.5, 0.6) is 0 Å². The van der Waals surface area contributed by atoms with Crippen LogP contribution in [-0.4, -0.2) is 77.3 Å². The molecule has 2 fully saturated rings. The summed E-state index contributed by atoms with van der Waals surface area (Å²) >= 11 is 1.56. The van der Waals surface area contributed by atoms with E-state index >= 15 is 0 Å². The fourth-order valence-electron chi connectivity index (χ4n) is 5.03. The van der Waals surface area contributed by atoms with Gasteiger partial charge in [0, 0.05) is 49.9 Å². The summed E-state index contributed by atoms with van der Waals surface area (Å²) in [6, 6.07) is 14.6. The Morgan fingerprint density at radius 1 is 0.946 bits per heavy atom. The van der Waals surface area contributed by atoms with Gasteiger partial charge in [-0.3, -0.25) is 14.4 Å². The number of benzene rings is 2. The molecule has 10 heteroatoms. The van der Waals surface area contributed by atoms with Crippen molar-refractivity contribution in [3.05, 3.63) is 65.2 Å². The first-order valence-corrected chi connectivity index (χ1v) is 13.5. The molecule has 2 saturated heterocycles. The van der Waals surface area contributed by atoms with E-state index < -0.39 is 0 Å². The van der Waals surface area contributed by atoms with Crippen LogP contribution in [0.2, 0.25) is 0 Å². The molecule has 5 rings (SSSR count). The number of nitrogens with zero attached hydrogens (tertiary/aromatic N) is 3. The Labute approximate surface area is 226 Å². The van der Waals surface area contributed by atoms with Crippen molar-refractivity contribution in [2.24, 2.45) is 0 Å². The molecule has 2 aromatic carbocycles. The van der Waals surface area contributed by atoms with Gasteiger partial charge >= 0.3 is 0 Å². The topological polar surface area (TPSA) is 94.6 Å². The molecule has 3 heterocycles. The number of rotatable bonds is 2. The Balaban J connectivity index is 0.00000320. The Morgan fingerprint density at radius 2 is 1.76 bits per heavy atom. The lowest BCUT2D eigenvalue weighted by Crippen LogP contribution is -2.44. The lowest BCUT2D eigenvalue weighted by molar-refractivity contribution is -0.122. The van der Waals surface area contributed by atoms with Crippen LogP contribution >= 0.6 is 23.7 Å². The first kappa shape index (κ1) is 27.0. The highest BCUT2D eigenvalue weighted by molar-refractivity contribution is 7.16. The zero-order valence-electron chi connectivity index (χ0n) is 20.6. The van der Waals surface area contributed by atoms with E-state index in [1.807, 2.05) is 58.3 Å². The van der Waals surface area contributed by atoms with Crippen LogP contribution < -0.4 is 10.6 Å². The molecule has 196 valence electrons. The number of halogens is 1. The Hall–Kier alpha value is -3.01. The molecule has 8 nitrogen and oxygen atoms in total. The average molecular weight is 542 g/mol. The largest absolute Gasteiger partial charge is 0.355 e. The summed E-state index contributed by atoms with van der Waals surface area (Å²) in [6.07, 6.45) is 2.84. The van der Waals surface area contributed by atoms with E-state index in [9.17, 15) is 14.4 Å². The van der Waals surface area contributed by atoms with Gasteiger partial charge in [-0.1, -0.05) is 18.2 Å². The molecule has 2 atom stereocenters. The van der Waals surface area contributed by atoms with E-state index in [2.05, 4.69) is 15.6 Å².